The third kappa shape index (κ3) is 5.50. The number of aromatic nitrogens is 2. The maximum atomic E-state index is 5.20. The van der Waals surface area contributed by atoms with E-state index in [1.807, 2.05) is 24.3 Å². The number of benzene rings is 9. The summed E-state index contributed by atoms with van der Waals surface area (Å²) < 4.78 is 0. The Kier molecular flexibility index (Phi) is 7.67. The van der Waals surface area contributed by atoms with E-state index in [4.69, 9.17) is 9.97 Å². The standard InChI is InChI=1S/C56H37N3/c1-3-15-37(16-4-1)51-35-52(58-56(57-51)38-17-5-2-6-18-38)41-27-30-48-49(34-41)45-21-10-9-20-44(45)47-24-13-23-43(55(47)48)40-28-31-54-50(33-40)46-22-11-12-25-53(46)59(54)42-29-26-36-14-7-8-19-39(36)32-42/h1-35,46,53H. The quantitative estimate of drug-likeness (QED) is 0.164. The molecule has 1 aromatic heterocycles. The minimum Gasteiger partial charge on any atom is -0.333 e. The minimum absolute atomic E-state index is 0.216. The molecule has 0 radical (unpaired) electrons. The predicted octanol–water partition coefficient (Wildman–Crippen LogP) is 14.5. The molecular weight excluding hydrogens is 715 g/mol. The first-order chi connectivity index (χ1) is 29.2. The molecule has 1 aliphatic carbocycles. The van der Waals surface area contributed by atoms with Crippen LogP contribution in [0.1, 0.15) is 11.5 Å². The lowest BCUT2D eigenvalue weighted by Gasteiger charge is -2.29. The van der Waals surface area contributed by atoms with Gasteiger partial charge in [0.2, 0.25) is 0 Å². The number of allylic oxidation sites excluding steroid dienone is 2. The highest BCUT2D eigenvalue weighted by molar-refractivity contribution is 6.28. The molecule has 0 N–H and O–H groups in total. The highest BCUT2D eigenvalue weighted by Crippen LogP contribution is 2.50. The summed E-state index contributed by atoms with van der Waals surface area (Å²) >= 11 is 0. The normalized spacial score (nSPS) is 15.6. The molecule has 1 aliphatic heterocycles. The van der Waals surface area contributed by atoms with Crippen molar-refractivity contribution in [2.75, 3.05) is 4.90 Å². The van der Waals surface area contributed by atoms with Gasteiger partial charge in [0.1, 0.15) is 0 Å². The van der Waals surface area contributed by atoms with Crippen molar-refractivity contribution >= 4 is 54.5 Å². The van der Waals surface area contributed by atoms with Gasteiger partial charge in [-0.1, -0.05) is 176 Å². The molecular formula is C56H37N3. The van der Waals surface area contributed by atoms with E-state index in [2.05, 4.69) is 193 Å². The Labute approximate surface area is 342 Å². The SMILES string of the molecule is C1=CC2c3cc(-c4cccc5c6ccccc6c6cc(-c7cc(-c8ccccc8)nc(-c8ccccc8)n7)ccc6c45)ccc3N(c3ccc4ccccc4c3)C2C=C1. The molecule has 59 heavy (non-hydrogen) atoms. The lowest BCUT2D eigenvalue weighted by atomic mass is 9.86. The smallest absolute Gasteiger partial charge is 0.160 e. The van der Waals surface area contributed by atoms with E-state index in [-0.39, 0.29) is 12.0 Å². The van der Waals surface area contributed by atoms with Crippen LogP contribution in [0.3, 0.4) is 0 Å². The highest BCUT2D eigenvalue weighted by atomic mass is 15.2. The van der Waals surface area contributed by atoms with Crippen molar-refractivity contribution in [3.8, 4) is 45.0 Å². The largest absolute Gasteiger partial charge is 0.333 e. The number of hydrogen-bond acceptors (Lipinski definition) is 3. The van der Waals surface area contributed by atoms with Crippen molar-refractivity contribution in [1.82, 2.24) is 9.97 Å². The van der Waals surface area contributed by atoms with Crippen molar-refractivity contribution in [3.05, 3.63) is 218 Å². The second kappa shape index (κ2) is 13.5. The van der Waals surface area contributed by atoms with Crippen LogP contribution >= 0.6 is 0 Å². The molecule has 276 valence electrons. The Balaban J connectivity index is 1.04. The van der Waals surface area contributed by atoms with Crippen molar-refractivity contribution in [3.63, 3.8) is 0 Å². The maximum absolute atomic E-state index is 5.20. The van der Waals surface area contributed by atoms with Gasteiger partial charge in [-0.3, -0.25) is 0 Å². The number of anilines is 2. The lowest BCUT2D eigenvalue weighted by molar-refractivity contribution is 0.745. The Morgan fingerprint density at radius 1 is 0.407 bits per heavy atom. The second-order valence-electron chi connectivity index (χ2n) is 15.7. The molecule has 2 aliphatic rings. The van der Waals surface area contributed by atoms with E-state index in [0.717, 1.165) is 28.1 Å². The second-order valence-corrected chi connectivity index (χ2v) is 15.7. The fourth-order valence-corrected chi connectivity index (χ4v) is 9.61. The molecule has 9 aromatic carbocycles. The summed E-state index contributed by atoms with van der Waals surface area (Å²) in [4.78, 5) is 12.8. The van der Waals surface area contributed by atoms with Gasteiger partial charge in [0.05, 0.1) is 17.4 Å². The van der Waals surface area contributed by atoms with E-state index in [1.165, 1.54) is 71.2 Å². The van der Waals surface area contributed by atoms with Crippen LogP contribution in [0, 0.1) is 0 Å². The summed E-state index contributed by atoms with van der Waals surface area (Å²) in [6.45, 7) is 0. The molecule has 3 nitrogen and oxygen atoms in total. The van der Waals surface area contributed by atoms with Gasteiger partial charge in [-0.25, -0.2) is 9.97 Å². The molecule has 0 amide bonds. The summed E-state index contributed by atoms with van der Waals surface area (Å²) in [5.74, 6) is 0.972. The number of fused-ring (bicyclic) bond motifs is 10. The summed E-state index contributed by atoms with van der Waals surface area (Å²) in [5.41, 5.74) is 11.2. The van der Waals surface area contributed by atoms with Gasteiger partial charge in [-0.15, -0.1) is 0 Å². The summed E-state index contributed by atoms with van der Waals surface area (Å²) in [7, 11) is 0. The van der Waals surface area contributed by atoms with Crippen LogP contribution in [0.2, 0.25) is 0 Å². The zero-order chi connectivity index (χ0) is 38.9. The fourth-order valence-electron chi connectivity index (χ4n) is 9.61. The summed E-state index contributed by atoms with van der Waals surface area (Å²) in [6, 6.07) is 68.2. The van der Waals surface area contributed by atoms with Crippen LogP contribution in [0.4, 0.5) is 11.4 Å². The van der Waals surface area contributed by atoms with Crippen LogP contribution in [0.15, 0.2) is 212 Å². The topological polar surface area (TPSA) is 29.0 Å². The first-order valence-corrected chi connectivity index (χ1v) is 20.4. The maximum Gasteiger partial charge on any atom is 0.160 e. The van der Waals surface area contributed by atoms with Crippen molar-refractivity contribution < 1.29 is 0 Å². The third-order valence-corrected chi connectivity index (χ3v) is 12.4. The number of nitrogens with zero attached hydrogens (tertiary/aromatic N) is 3. The van der Waals surface area contributed by atoms with E-state index in [9.17, 15) is 0 Å². The van der Waals surface area contributed by atoms with Crippen LogP contribution < -0.4 is 4.90 Å². The molecule has 3 heteroatoms. The highest BCUT2D eigenvalue weighted by Gasteiger charge is 2.37. The monoisotopic (exact) mass is 751 g/mol. The molecule has 2 atom stereocenters. The third-order valence-electron chi connectivity index (χ3n) is 12.4. The first-order valence-electron chi connectivity index (χ1n) is 20.4. The Hall–Kier alpha value is -7.62. The predicted molar refractivity (Wildman–Crippen MR) is 247 cm³/mol. The van der Waals surface area contributed by atoms with Crippen LogP contribution in [0.25, 0.3) is 88.1 Å². The van der Waals surface area contributed by atoms with E-state index >= 15 is 0 Å². The molecule has 2 unspecified atom stereocenters. The van der Waals surface area contributed by atoms with Crippen molar-refractivity contribution in [1.29, 1.82) is 0 Å². The van der Waals surface area contributed by atoms with Crippen molar-refractivity contribution in [2.24, 2.45) is 0 Å². The van der Waals surface area contributed by atoms with Gasteiger partial charge in [0.25, 0.3) is 0 Å². The Bertz CT molecular complexity index is 3290. The van der Waals surface area contributed by atoms with Gasteiger partial charge in [0, 0.05) is 34.0 Å². The molecule has 0 fully saturated rings. The van der Waals surface area contributed by atoms with Gasteiger partial charge in [0.15, 0.2) is 5.82 Å². The van der Waals surface area contributed by atoms with Gasteiger partial charge in [-0.05, 0) is 96.2 Å². The van der Waals surface area contributed by atoms with Crippen LogP contribution in [-0.2, 0) is 0 Å². The number of hydrogen-bond donors (Lipinski definition) is 0. The molecule has 12 rings (SSSR count). The summed E-state index contributed by atoms with van der Waals surface area (Å²) in [6.07, 6.45) is 9.14. The minimum atomic E-state index is 0.216. The van der Waals surface area contributed by atoms with Gasteiger partial charge < -0.3 is 4.90 Å². The zero-order valence-electron chi connectivity index (χ0n) is 32.2. The summed E-state index contributed by atoms with van der Waals surface area (Å²) in [5, 5.41) is 9.97. The van der Waals surface area contributed by atoms with Gasteiger partial charge in [-0.2, -0.15) is 0 Å². The average molecular weight is 752 g/mol. The molecule has 0 bridgehead atoms. The van der Waals surface area contributed by atoms with E-state index in [0.29, 0.717) is 5.82 Å². The van der Waals surface area contributed by atoms with Gasteiger partial charge >= 0.3 is 0 Å². The molecule has 0 saturated carbocycles. The van der Waals surface area contributed by atoms with E-state index < -0.39 is 0 Å². The molecule has 0 spiro atoms. The first kappa shape index (κ1) is 33.5. The molecule has 0 saturated heterocycles. The Morgan fingerprint density at radius 3 is 1.90 bits per heavy atom. The molecule has 10 aromatic rings. The Morgan fingerprint density at radius 2 is 1.07 bits per heavy atom. The average Bonchev–Trinajstić information content (AvgIpc) is 3.65. The molecule has 2 heterocycles. The van der Waals surface area contributed by atoms with Crippen molar-refractivity contribution in [2.45, 2.75) is 12.0 Å². The van der Waals surface area contributed by atoms with Crippen LogP contribution in [0.5, 0.6) is 0 Å². The van der Waals surface area contributed by atoms with Crippen LogP contribution in [-0.4, -0.2) is 16.0 Å². The van der Waals surface area contributed by atoms with E-state index in [1.54, 1.807) is 0 Å². The number of rotatable bonds is 5. The lowest BCUT2D eigenvalue weighted by Crippen LogP contribution is -2.28. The fraction of sp³-hybridized carbons (Fsp3) is 0.0357. The zero-order valence-corrected chi connectivity index (χ0v) is 32.2.